The van der Waals surface area contributed by atoms with Crippen LogP contribution in [-0.4, -0.2) is 63.0 Å². The van der Waals surface area contributed by atoms with Crippen LogP contribution in [-0.2, 0) is 32.5 Å². The molecule has 0 unspecified atom stereocenters. The lowest BCUT2D eigenvalue weighted by Crippen LogP contribution is -2.51. The minimum atomic E-state index is -3.87. The van der Waals surface area contributed by atoms with E-state index in [-0.39, 0.29) is 54.8 Å². The number of nitrogens with zero attached hydrogens (tertiary/aromatic N) is 3. The Morgan fingerprint density at radius 1 is 1.14 bits per heavy atom. The number of carbonyl (C=O) groups excluding carboxylic acids is 1. The molecule has 3 heterocycles. The number of benzene rings is 1. The molecule has 4 N–H and O–H groups in total. The largest absolute Gasteiger partial charge is 0.466 e. The first-order valence-corrected chi connectivity index (χ1v) is 13.2. The van der Waals surface area contributed by atoms with Crippen molar-refractivity contribution in [3.63, 3.8) is 0 Å². The monoisotopic (exact) mass is 572 g/mol. The predicted octanol–water partition coefficient (Wildman–Crippen LogP) is 2.30. The Morgan fingerprint density at radius 3 is 2.43 bits per heavy atom. The molecule has 37 heavy (non-hydrogen) atoms. The second-order valence-corrected chi connectivity index (χ2v) is 10.8. The summed E-state index contributed by atoms with van der Waals surface area (Å²) in [6.07, 6.45) is 5.08. The summed E-state index contributed by atoms with van der Waals surface area (Å²) < 4.78 is 34.5. The summed E-state index contributed by atoms with van der Waals surface area (Å²) in [7, 11) is -3.87. The number of guanidine groups is 1. The highest BCUT2D eigenvalue weighted by Gasteiger charge is 2.43. The third kappa shape index (κ3) is 6.84. The van der Waals surface area contributed by atoms with Gasteiger partial charge in [0.25, 0.3) is 0 Å². The van der Waals surface area contributed by atoms with Crippen molar-refractivity contribution in [3.05, 3.63) is 53.9 Å². The Labute approximate surface area is 230 Å². The number of aromatic nitrogens is 1. The van der Waals surface area contributed by atoms with Crippen molar-refractivity contribution in [3.8, 4) is 0 Å². The van der Waals surface area contributed by atoms with Gasteiger partial charge in [-0.15, -0.1) is 24.8 Å². The van der Waals surface area contributed by atoms with E-state index in [1.807, 2.05) is 18.2 Å². The zero-order valence-corrected chi connectivity index (χ0v) is 23.1. The molecule has 13 heteroatoms. The minimum Gasteiger partial charge on any atom is -0.466 e. The number of carbonyl (C=O) groups is 1. The molecule has 1 aromatic carbocycles. The van der Waals surface area contributed by atoms with E-state index in [2.05, 4.69) is 14.6 Å². The molecular formula is C24H34Cl2N6O4S. The van der Waals surface area contributed by atoms with E-state index in [9.17, 15) is 13.2 Å². The highest BCUT2D eigenvalue weighted by molar-refractivity contribution is 7.89. The van der Waals surface area contributed by atoms with Gasteiger partial charge in [-0.3, -0.25) is 15.2 Å². The Hall–Kier alpha value is -2.60. The normalized spacial score (nSPS) is 16.6. The number of esters is 1. The number of hydrogen-bond donors (Lipinski definition) is 3. The Bertz CT molecular complexity index is 1190. The van der Waals surface area contributed by atoms with E-state index in [1.165, 1.54) is 0 Å². The van der Waals surface area contributed by atoms with Gasteiger partial charge in [0.1, 0.15) is 0 Å². The van der Waals surface area contributed by atoms with Crippen LogP contribution < -0.4 is 15.4 Å². The first-order chi connectivity index (χ1) is 16.7. The minimum absolute atomic E-state index is 0. The topological polar surface area (TPSA) is 142 Å². The summed E-state index contributed by atoms with van der Waals surface area (Å²) in [5.41, 5.74) is 7.59. The smallest absolute Gasteiger partial charge is 0.313 e. The van der Waals surface area contributed by atoms with Crippen LogP contribution in [0.25, 0.3) is 0 Å². The van der Waals surface area contributed by atoms with Crippen LogP contribution in [0.5, 0.6) is 0 Å². The lowest BCUT2D eigenvalue weighted by Gasteiger charge is -2.40. The molecule has 0 spiro atoms. The first kappa shape index (κ1) is 30.6. The molecule has 1 fully saturated rings. The van der Waals surface area contributed by atoms with E-state index in [4.69, 9.17) is 15.9 Å². The molecule has 0 atom stereocenters. The van der Waals surface area contributed by atoms with Crippen LogP contribution in [0.1, 0.15) is 30.9 Å². The van der Waals surface area contributed by atoms with Gasteiger partial charge in [-0.05, 0) is 61.6 Å². The van der Waals surface area contributed by atoms with Crippen LogP contribution >= 0.6 is 24.8 Å². The lowest BCUT2D eigenvalue weighted by molar-refractivity contribution is -0.156. The number of fused-ring (bicyclic) bond motifs is 1. The summed E-state index contributed by atoms with van der Waals surface area (Å²) in [6.45, 7) is 4.18. The van der Waals surface area contributed by atoms with Gasteiger partial charge in [0.2, 0.25) is 10.0 Å². The molecule has 0 bridgehead atoms. The van der Waals surface area contributed by atoms with Crippen molar-refractivity contribution in [2.24, 2.45) is 11.1 Å². The molecule has 2 aliphatic heterocycles. The SMILES string of the molecule is CCOC(=O)C1(CNS(=O)(=O)c2ccc3c(c2)CN(C(=N)N)CC3)CCN(c2ccncc2)CC1.Cl.Cl. The fourth-order valence-electron chi connectivity index (χ4n) is 4.71. The van der Waals surface area contributed by atoms with E-state index in [0.717, 1.165) is 16.8 Å². The maximum absolute atomic E-state index is 13.2. The number of hydrogen-bond acceptors (Lipinski definition) is 7. The Morgan fingerprint density at radius 2 is 1.81 bits per heavy atom. The van der Waals surface area contributed by atoms with Crippen molar-refractivity contribution in [2.75, 3.05) is 37.7 Å². The number of rotatable bonds is 7. The number of anilines is 1. The highest BCUT2D eigenvalue weighted by Crippen LogP contribution is 2.35. The Balaban J connectivity index is 0.00000241. The molecule has 0 amide bonds. The molecule has 2 aliphatic rings. The number of ether oxygens (including phenoxy) is 1. The number of pyridine rings is 1. The maximum Gasteiger partial charge on any atom is 0.313 e. The van der Waals surface area contributed by atoms with Crippen LogP contribution in [0.2, 0.25) is 0 Å². The predicted molar refractivity (Wildman–Crippen MR) is 147 cm³/mol. The van der Waals surface area contributed by atoms with Gasteiger partial charge in [0.15, 0.2) is 5.96 Å². The molecule has 1 aromatic heterocycles. The molecule has 1 saturated heterocycles. The summed E-state index contributed by atoms with van der Waals surface area (Å²) in [5, 5.41) is 7.67. The van der Waals surface area contributed by atoms with Gasteiger partial charge < -0.3 is 20.3 Å². The number of sulfonamides is 1. The number of piperidine rings is 1. The molecule has 2 aromatic rings. The van der Waals surface area contributed by atoms with E-state index in [0.29, 0.717) is 45.4 Å². The van der Waals surface area contributed by atoms with Crippen molar-refractivity contribution in [1.29, 1.82) is 5.41 Å². The van der Waals surface area contributed by atoms with E-state index >= 15 is 0 Å². The van der Waals surface area contributed by atoms with Crippen molar-refractivity contribution in [2.45, 2.75) is 37.6 Å². The van der Waals surface area contributed by atoms with Gasteiger partial charge in [-0.25, -0.2) is 13.1 Å². The van der Waals surface area contributed by atoms with Gasteiger partial charge in [0, 0.05) is 50.8 Å². The fraction of sp³-hybridized carbons (Fsp3) is 0.458. The van der Waals surface area contributed by atoms with Crippen molar-refractivity contribution >= 4 is 52.5 Å². The van der Waals surface area contributed by atoms with Crippen LogP contribution in [0.3, 0.4) is 0 Å². The summed E-state index contributed by atoms with van der Waals surface area (Å²) >= 11 is 0. The summed E-state index contributed by atoms with van der Waals surface area (Å²) in [4.78, 5) is 21.0. The van der Waals surface area contributed by atoms with E-state index in [1.54, 1.807) is 36.4 Å². The molecular weight excluding hydrogens is 539 g/mol. The zero-order chi connectivity index (χ0) is 25.1. The van der Waals surface area contributed by atoms with Crippen LogP contribution in [0.15, 0.2) is 47.6 Å². The number of nitrogens with two attached hydrogens (primary N) is 1. The maximum atomic E-state index is 13.2. The molecule has 204 valence electrons. The van der Waals surface area contributed by atoms with Crippen molar-refractivity contribution < 1.29 is 17.9 Å². The standard InChI is InChI=1S/C24H32N6O4S.2ClH/c1-2-34-22(31)24(8-13-29(14-9-24)20-5-10-27-11-6-20)17-28-35(32,33)21-4-3-18-7-12-30(23(25)26)16-19(18)15-21;;/h3-6,10-11,15,28H,2,7-9,12-14,16-17H2,1H3,(H3,25,26);2*1H. The van der Waals surface area contributed by atoms with Gasteiger partial charge in [0.05, 0.1) is 16.9 Å². The molecule has 4 rings (SSSR count). The molecule has 10 nitrogen and oxygen atoms in total. The zero-order valence-electron chi connectivity index (χ0n) is 20.7. The Kier molecular flexibility index (Phi) is 10.6. The fourth-order valence-corrected chi connectivity index (χ4v) is 5.89. The summed E-state index contributed by atoms with van der Waals surface area (Å²) in [6, 6.07) is 8.88. The lowest BCUT2D eigenvalue weighted by atomic mass is 9.78. The van der Waals surface area contributed by atoms with Crippen molar-refractivity contribution in [1.82, 2.24) is 14.6 Å². The molecule has 0 radical (unpaired) electrons. The number of nitrogens with one attached hydrogen (secondary N) is 2. The second kappa shape index (κ2) is 12.8. The van der Waals surface area contributed by atoms with Gasteiger partial charge >= 0.3 is 5.97 Å². The third-order valence-corrected chi connectivity index (χ3v) is 8.30. The average molecular weight is 574 g/mol. The van der Waals surface area contributed by atoms with Crippen LogP contribution in [0.4, 0.5) is 5.69 Å². The highest BCUT2D eigenvalue weighted by atomic mass is 35.5. The number of halogens is 2. The van der Waals surface area contributed by atoms with Gasteiger partial charge in [-0.2, -0.15) is 0 Å². The first-order valence-electron chi connectivity index (χ1n) is 11.8. The van der Waals surface area contributed by atoms with Crippen LogP contribution in [0, 0.1) is 10.8 Å². The average Bonchev–Trinajstić information content (AvgIpc) is 2.87. The molecule has 0 aliphatic carbocycles. The molecule has 0 saturated carbocycles. The van der Waals surface area contributed by atoms with Gasteiger partial charge in [-0.1, -0.05) is 6.07 Å². The quantitative estimate of drug-likeness (QED) is 0.260. The second-order valence-electron chi connectivity index (χ2n) is 9.01. The van der Waals surface area contributed by atoms with E-state index < -0.39 is 15.4 Å². The summed E-state index contributed by atoms with van der Waals surface area (Å²) in [5.74, 6) is -0.406. The third-order valence-electron chi connectivity index (χ3n) is 6.90.